The highest BCUT2D eigenvalue weighted by Gasteiger charge is 2.59. The van der Waals surface area contributed by atoms with E-state index in [1.165, 1.54) is 57.8 Å². The Morgan fingerprint density at radius 2 is 1.62 bits per heavy atom. The summed E-state index contributed by atoms with van der Waals surface area (Å²) in [5.41, 5.74) is 2.63. The highest BCUT2D eigenvalue weighted by atomic mass is 16.5. The maximum atomic E-state index is 12.6. The average Bonchev–Trinajstić information content (AvgIpc) is 3.29. The molecule has 0 amide bonds. The van der Waals surface area contributed by atoms with Crippen molar-refractivity contribution in [2.75, 3.05) is 0 Å². The fraction of sp³-hybridized carbons (Fsp3) is 0.583. The number of ether oxygens (including phenoxy) is 1. The van der Waals surface area contributed by atoms with Crippen LogP contribution in [0.25, 0.3) is 6.08 Å². The first-order valence-electron chi connectivity index (χ1n) is 15.6. The summed E-state index contributed by atoms with van der Waals surface area (Å²) >= 11 is 0. The Bertz CT molecular complexity index is 1200. The van der Waals surface area contributed by atoms with Gasteiger partial charge in [0.1, 0.15) is 11.5 Å². The standard InChI is InChI=1S/C36H46O3/c1-4-26-11-17-32-31-16-10-27-23-30(19-21-36(27,3)33(31)20-22-35(26,32)2)39-29-14-8-25(9-15-29)34(38)18-7-24-5-12-28(37)13-6-24/h5-9,12-15,18,26-27,30-33,37H,4,10-11,16-17,19-23H2,1-3H3/b18-7+. The lowest BCUT2D eigenvalue weighted by Crippen LogP contribution is -2.54. The van der Waals surface area contributed by atoms with Gasteiger partial charge in [-0.1, -0.05) is 45.4 Å². The van der Waals surface area contributed by atoms with Gasteiger partial charge in [-0.25, -0.2) is 0 Å². The zero-order valence-corrected chi connectivity index (χ0v) is 24.1. The second-order valence-electron chi connectivity index (χ2n) is 13.7. The van der Waals surface area contributed by atoms with Crippen molar-refractivity contribution >= 4 is 11.9 Å². The van der Waals surface area contributed by atoms with Crippen molar-refractivity contribution in [3.05, 3.63) is 65.7 Å². The Kier molecular flexibility index (Phi) is 7.14. The summed E-state index contributed by atoms with van der Waals surface area (Å²) in [6.07, 6.45) is 17.3. The van der Waals surface area contributed by atoms with Crippen LogP contribution in [0.15, 0.2) is 54.6 Å². The molecule has 8 unspecified atom stereocenters. The molecule has 4 fully saturated rings. The number of ketones is 1. The summed E-state index contributed by atoms with van der Waals surface area (Å²) in [5.74, 6) is 5.62. The predicted octanol–water partition coefficient (Wildman–Crippen LogP) is 9.10. The fourth-order valence-electron chi connectivity index (χ4n) is 9.85. The fourth-order valence-corrected chi connectivity index (χ4v) is 9.85. The van der Waals surface area contributed by atoms with Crippen molar-refractivity contribution in [3.8, 4) is 11.5 Å². The van der Waals surface area contributed by atoms with E-state index in [1.54, 1.807) is 36.4 Å². The van der Waals surface area contributed by atoms with Crippen molar-refractivity contribution in [3.63, 3.8) is 0 Å². The minimum Gasteiger partial charge on any atom is -0.508 e. The van der Waals surface area contributed by atoms with Gasteiger partial charge in [0.2, 0.25) is 0 Å². The number of hydrogen-bond acceptors (Lipinski definition) is 3. The van der Waals surface area contributed by atoms with E-state index in [2.05, 4.69) is 20.8 Å². The lowest BCUT2D eigenvalue weighted by atomic mass is 9.44. The number of phenols is 1. The molecule has 0 spiro atoms. The molecule has 4 aliphatic rings. The van der Waals surface area contributed by atoms with Crippen LogP contribution in [0.5, 0.6) is 11.5 Å². The van der Waals surface area contributed by atoms with Crippen LogP contribution in [-0.2, 0) is 0 Å². The molecule has 2 aromatic rings. The number of rotatable bonds is 6. The molecule has 39 heavy (non-hydrogen) atoms. The minimum atomic E-state index is -0.0316. The predicted molar refractivity (Wildman–Crippen MR) is 158 cm³/mol. The normalized spacial score (nSPS) is 37.6. The van der Waals surface area contributed by atoms with Crippen LogP contribution in [0.4, 0.5) is 0 Å². The summed E-state index contributed by atoms with van der Waals surface area (Å²) in [5, 5.41) is 9.42. The van der Waals surface area contributed by atoms with Gasteiger partial charge < -0.3 is 9.84 Å². The molecule has 3 nitrogen and oxygen atoms in total. The summed E-state index contributed by atoms with van der Waals surface area (Å²) in [4.78, 5) is 12.6. The van der Waals surface area contributed by atoms with Crippen molar-refractivity contribution < 1.29 is 14.6 Å². The number of hydrogen-bond donors (Lipinski definition) is 1. The van der Waals surface area contributed by atoms with Crippen LogP contribution in [0.2, 0.25) is 0 Å². The van der Waals surface area contributed by atoms with Gasteiger partial charge in [0.25, 0.3) is 0 Å². The first-order chi connectivity index (χ1) is 18.8. The monoisotopic (exact) mass is 526 g/mol. The zero-order valence-electron chi connectivity index (χ0n) is 24.1. The van der Waals surface area contributed by atoms with E-state index >= 15 is 0 Å². The quantitative estimate of drug-likeness (QED) is 0.302. The Morgan fingerprint density at radius 1 is 0.897 bits per heavy atom. The van der Waals surface area contributed by atoms with Gasteiger partial charge in [-0.05, 0) is 146 Å². The first-order valence-corrected chi connectivity index (χ1v) is 15.6. The van der Waals surface area contributed by atoms with Gasteiger partial charge in [0, 0.05) is 5.56 Å². The molecule has 6 rings (SSSR count). The number of carbonyl (C=O) groups excluding carboxylic acids is 1. The molecule has 208 valence electrons. The molecule has 8 atom stereocenters. The molecule has 0 bridgehead atoms. The molecular weight excluding hydrogens is 480 g/mol. The van der Waals surface area contributed by atoms with Gasteiger partial charge in [-0.3, -0.25) is 4.79 Å². The number of benzene rings is 2. The number of allylic oxidation sites excluding steroid dienone is 1. The van der Waals surface area contributed by atoms with Gasteiger partial charge >= 0.3 is 0 Å². The third kappa shape index (κ3) is 4.85. The van der Waals surface area contributed by atoms with E-state index in [9.17, 15) is 9.90 Å². The molecule has 2 aromatic carbocycles. The van der Waals surface area contributed by atoms with Crippen LogP contribution in [-0.4, -0.2) is 17.0 Å². The van der Waals surface area contributed by atoms with Gasteiger partial charge in [0.05, 0.1) is 6.10 Å². The van der Waals surface area contributed by atoms with E-state index in [-0.39, 0.29) is 17.6 Å². The van der Waals surface area contributed by atoms with Crippen LogP contribution in [0.3, 0.4) is 0 Å². The van der Waals surface area contributed by atoms with Crippen LogP contribution < -0.4 is 4.74 Å². The van der Waals surface area contributed by atoms with Crippen LogP contribution >= 0.6 is 0 Å². The van der Waals surface area contributed by atoms with Crippen LogP contribution in [0.1, 0.15) is 101 Å². The average molecular weight is 527 g/mol. The summed E-state index contributed by atoms with van der Waals surface area (Å²) < 4.78 is 6.52. The molecule has 0 saturated heterocycles. The van der Waals surface area contributed by atoms with E-state index < -0.39 is 0 Å². The van der Waals surface area contributed by atoms with E-state index in [0.29, 0.717) is 16.4 Å². The second-order valence-corrected chi connectivity index (χ2v) is 13.7. The first kappa shape index (κ1) is 26.7. The van der Waals surface area contributed by atoms with Crippen molar-refractivity contribution in [2.45, 2.75) is 91.1 Å². The van der Waals surface area contributed by atoms with E-state index in [0.717, 1.165) is 47.3 Å². The topological polar surface area (TPSA) is 46.5 Å². The third-order valence-electron chi connectivity index (χ3n) is 12.1. The molecule has 4 saturated carbocycles. The highest BCUT2D eigenvalue weighted by Crippen LogP contribution is 2.67. The molecular formula is C36H46O3. The molecule has 4 aliphatic carbocycles. The van der Waals surface area contributed by atoms with Crippen LogP contribution in [0, 0.1) is 40.4 Å². The summed E-state index contributed by atoms with van der Waals surface area (Å²) in [6, 6.07) is 14.5. The molecule has 0 aliphatic heterocycles. The van der Waals surface area contributed by atoms with E-state index in [1.807, 2.05) is 24.3 Å². The van der Waals surface area contributed by atoms with Crippen molar-refractivity contribution in [2.24, 2.45) is 40.4 Å². The minimum absolute atomic E-state index is 0.0316. The number of carbonyl (C=O) groups is 1. The van der Waals surface area contributed by atoms with E-state index in [4.69, 9.17) is 4.74 Å². The Labute approximate surface area is 235 Å². The van der Waals surface area contributed by atoms with Crippen molar-refractivity contribution in [1.29, 1.82) is 0 Å². The maximum absolute atomic E-state index is 12.6. The Balaban J connectivity index is 1.06. The molecule has 0 radical (unpaired) electrons. The van der Waals surface area contributed by atoms with Gasteiger partial charge in [-0.15, -0.1) is 0 Å². The largest absolute Gasteiger partial charge is 0.508 e. The number of fused-ring (bicyclic) bond motifs is 5. The molecule has 3 heteroatoms. The lowest BCUT2D eigenvalue weighted by Gasteiger charge is -2.61. The Morgan fingerprint density at radius 3 is 2.36 bits per heavy atom. The number of aromatic hydroxyl groups is 1. The molecule has 0 aromatic heterocycles. The highest BCUT2D eigenvalue weighted by molar-refractivity contribution is 6.06. The zero-order chi connectivity index (χ0) is 27.2. The summed E-state index contributed by atoms with van der Waals surface area (Å²) in [6.45, 7) is 7.72. The summed E-state index contributed by atoms with van der Waals surface area (Å²) in [7, 11) is 0. The molecule has 1 N–H and O–H groups in total. The maximum Gasteiger partial charge on any atom is 0.185 e. The van der Waals surface area contributed by atoms with Gasteiger partial charge in [0.15, 0.2) is 5.78 Å². The number of phenolic OH excluding ortho intramolecular Hbond substituents is 1. The Hall–Kier alpha value is -2.55. The molecule has 0 heterocycles. The second kappa shape index (κ2) is 10.5. The smallest absolute Gasteiger partial charge is 0.185 e. The van der Waals surface area contributed by atoms with Gasteiger partial charge in [-0.2, -0.15) is 0 Å². The SMILES string of the molecule is CCC1CCC2C3CCC4CC(Oc5ccc(C(=O)/C=C/c6ccc(O)cc6)cc5)CCC4(C)C3CCC12C. The third-order valence-corrected chi connectivity index (χ3v) is 12.1. The van der Waals surface area contributed by atoms with Crippen molar-refractivity contribution in [1.82, 2.24) is 0 Å². The lowest BCUT2D eigenvalue weighted by molar-refractivity contribution is -0.124.